The first-order valence-electron chi connectivity index (χ1n) is 7.72. The predicted octanol–water partition coefficient (Wildman–Crippen LogP) is 6.01. The van der Waals surface area contributed by atoms with Crippen LogP contribution in [0.25, 0.3) is 0 Å². The fourth-order valence-electron chi connectivity index (χ4n) is 3.10. The minimum Gasteiger partial charge on any atom is -0.253 e. The smallest absolute Gasteiger partial charge is 0.253 e. The summed E-state index contributed by atoms with van der Waals surface area (Å²) in [5.74, 6) is 0. The molecule has 1 aliphatic heterocycles. The van der Waals surface area contributed by atoms with Crippen LogP contribution in [0.5, 0.6) is 0 Å². The lowest BCUT2D eigenvalue weighted by atomic mass is 9.93. The highest BCUT2D eigenvalue weighted by Crippen LogP contribution is 2.62. The van der Waals surface area contributed by atoms with Gasteiger partial charge in [-0.05, 0) is 42.3 Å². The standard InChI is InChI=1S/C17H14BrCl4NO3S/c1-16(12-4-8-14(19)9-5-12)15(11-2-6-13(18)7-3-11)23(16)27(24,25)26-10-17(20,21)22/h2-9,15H,10H2,1H3. The lowest BCUT2D eigenvalue weighted by molar-refractivity contribution is 0.298. The summed E-state index contributed by atoms with van der Waals surface area (Å²) in [5.41, 5.74) is 0.739. The molecule has 3 atom stereocenters. The Kier molecular flexibility index (Phi) is 6.14. The minimum atomic E-state index is -4.16. The summed E-state index contributed by atoms with van der Waals surface area (Å²) >= 11 is 26.3. The fourth-order valence-corrected chi connectivity index (χ4v) is 5.49. The average molecular weight is 534 g/mol. The van der Waals surface area contributed by atoms with Crippen LogP contribution >= 0.6 is 62.3 Å². The molecule has 0 saturated carbocycles. The number of nitrogens with zero attached hydrogens (tertiary/aromatic N) is 1. The van der Waals surface area contributed by atoms with Crippen molar-refractivity contribution in [2.75, 3.05) is 6.61 Å². The molecule has 0 N–H and O–H groups in total. The van der Waals surface area contributed by atoms with E-state index in [2.05, 4.69) is 15.9 Å². The number of hydrogen-bond acceptors (Lipinski definition) is 3. The quantitative estimate of drug-likeness (QED) is 0.349. The second kappa shape index (κ2) is 7.65. The van der Waals surface area contributed by atoms with Crippen molar-refractivity contribution in [2.45, 2.75) is 22.3 Å². The Bertz CT molecular complexity index is 932. The number of halogens is 5. The summed E-state index contributed by atoms with van der Waals surface area (Å²) in [4.78, 5) is 0. The Morgan fingerprint density at radius 1 is 1.11 bits per heavy atom. The predicted molar refractivity (Wildman–Crippen MR) is 113 cm³/mol. The average Bonchev–Trinajstić information content (AvgIpc) is 3.22. The van der Waals surface area contributed by atoms with Crippen molar-refractivity contribution >= 4 is 72.6 Å². The third kappa shape index (κ3) is 4.59. The van der Waals surface area contributed by atoms with Crippen LogP contribution in [0.4, 0.5) is 0 Å². The van der Waals surface area contributed by atoms with Crippen LogP contribution in [0, 0.1) is 0 Å². The topological polar surface area (TPSA) is 46.4 Å². The maximum Gasteiger partial charge on any atom is 0.340 e. The van der Waals surface area contributed by atoms with Crippen LogP contribution in [0.15, 0.2) is 53.0 Å². The molecular formula is C17H14BrCl4NO3S. The van der Waals surface area contributed by atoms with E-state index < -0.39 is 32.3 Å². The summed E-state index contributed by atoms with van der Waals surface area (Å²) in [7, 11) is -4.16. The van der Waals surface area contributed by atoms with Gasteiger partial charge in [-0.25, -0.2) is 0 Å². The van der Waals surface area contributed by atoms with Crippen molar-refractivity contribution in [2.24, 2.45) is 0 Å². The normalized spacial score (nSPS) is 25.4. The molecule has 146 valence electrons. The maximum absolute atomic E-state index is 12.8. The first kappa shape index (κ1) is 21.7. The van der Waals surface area contributed by atoms with E-state index in [9.17, 15) is 8.42 Å². The summed E-state index contributed by atoms with van der Waals surface area (Å²) in [6.07, 6.45) is 0. The molecule has 27 heavy (non-hydrogen) atoms. The highest BCUT2D eigenvalue weighted by atomic mass is 79.9. The molecule has 1 saturated heterocycles. The third-order valence-corrected chi connectivity index (χ3v) is 6.98. The molecule has 4 nitrogen and oxygen atoms in total. The number of rotatable bonds is 5. The van der Waals surface area contributed by atoms with Crippen LogP contribution < -0.4 is 0 Å². The number of alkyl halides is 3. The fraction of sp³-hybridized carbons (Fsp3) is 0.294. The SMILES string of the molecule is CC1(c2ccc(Cl)cc2)C(c2ccc(Br)cc2)N1S(=O)(=O)OCC(Cl)(Cl)Cl. The van der Waals surface area contributed by atoms with Crippen molar-refractivity contribution in [3.05, 3.63) is 69.2 Å². The van der Waals surface area contributed by atoms with Gasteiger partial charge in [-0.1, -0.05) is 86.6 Å². The van der Waals surface area contributed by atoms with E-state index >= 15 is 0 Å². The zero-order chi connectivity index (χ0) is 20.0. The van der Waals surface area contributed by atoms with Crippen LogP contribution in [0.2, 0.25) is 5.02 Å². The molecule has 1 heterocycles. The zero-order valence-corrected chi connectivity index (χ0v) is 19.3. The van der Waals surface area contributed by atoms with Crippen LogP contribution in [-0.4, -0.2) is 23.1 Å². The maximum atomic E-state index is 12.8. The van der Waals surface area contributed by atoms with Gasteiger partial charge >= 0.3 is 10.3 Å². The molecule has 2 aromatic rings. The molecule has 2 aromatic carbocycles. The molecule has 0 aromatic heterocycles. The van der Waals surface area contributed by atoms with Gasteiger partial charge in [0.15, 0.2) is 0 Å². The van der Waals surface area contributed by atoms with Gasteiger partial charge in [0, 0.05) is 9.50 Å². The number of hydrogen-bond donors (Lipinski definition) is 0. The first-order chi connectivity index (χ1) is 12.4. The highest BCUT2D eigenvalue weighted by molar-refractivity contribution is 9.10. The lowest BCUT2D eigenvalue weighted by Gasteiger charge is -2.15. The molecule has 0 spiro atoms. The Morgan fingerprint density at radius 3 is 2.19 bits per heavy atom. The van der Waals surface area contributed by atoms with E-state index in [0.29, 0.717) is 5.02 Å². The van der Waals surface area contributed by atoms with Gasteiger partial charge in [-0.3, -0.25) is 4.18 Å². The molecule has 1 aliphatic rings. The Hall–Kier alpha value is -0.0500. The minimum absolute atomic E-state index is 0.466. The van der Waals surface area contributed by atoms with Crippen LogP contribution in [-0.2, 0) is 20.0 Å². The first-order valence-corrected chi connectivity index (χ1v) is 11.4. The Balaban J connectivity index is 2.00. The van der Waals surface area contributed by atoms with Gasteiger partial charge in [0.05, 0.1) is 11.6 Å². The van der Waals surface area contributed by atoms with Gasteiger partial charge in [0.1, 0.15) is 6.61 Å². The highest BCUT2D eigenvalue weighted by Gasteiger charge is 2.67. The van der Waals surface area contributed by atoms with Crippen molar-refractivity contribution in [3.8, 4) is 0 Å². The Labute approximate surface area is 186 Å². The second-order valence-corrected chi connectivity index (χ2v) is 11.6. The molecule has 3 rings (SSSR count). The molecular weight excluding hydrogens is 520 g/mol. The molecule has 0 radical (unpaired) electrons. The Morgan fingerprint density at radius 2 is 1.67 bits per heavy atom. The van der Waals surface area contributed by atoms with Gasteiger partial charge in [0.25, 0.3) is 0 Å². The van der Waals surface area contributed by atoms with E-state index in [0.717, 1.165) is 15.6 Å². The van der Waals surface area contributed by atoms with E-state index in [1.165, 1.54) is 4.31 Å². The monoisotopic (exact) mass is 531 g/mol. The van der Waals surface area contributed by atoms with E-state index in [4.69, 9.17) is 50.6 Å². The summed E-state index contributed by atoms with van der Waals surface area (Å²) in [6, 6.07) is 14.0. The third-order valence-electron chi connectivity index (χ3n) is 4.38. The molecule has 0 amide bonds. The van der Waals surface area contributed by atoms with Gasteiger partial charge in [-0.15, -0.1) is 0 Å². The van der Waals surface area contributed by atoms with Gasteiger partial charge < -0.3 is 0 Å². The lowest BCUT2D eigenvalue weighted by Crippen LogP contribution is -2.26. The summed E-state index contributed by atoms with van der Waals surface area (Å²) in [6.45, 7) is 1.24. The molecule has 0 bridgehead atoms. The summed E-state index contributed by atoms with van der Waals surface area (Å²) < 4.78 is 31.0. The van der Waals surface area contributed by atoms with Crippen molar-refractivity contribution in [1.82, 2.24) is 4.31 Å². The van der Waals surface area contributed by atoms with Crippen LogP contribution in [0.3, 0.4) is 0 Å². The van der Waals surface area contributed by atoms with Gasteiger partial charge in [0.2, 0.25) is 3.79 Å². The molecule has 1 fully saturated rings. The van der Waals surface area contributed by atoms with E-state index in [1.54, 1.807) is 24.3 Å². The number of benzene rings is 2. The van der Waals surface area contributed by atoms with E-state index in [1.807, 2.05) is 31.2 Å². The van der Waals surface area contributed by atoms with Crippen molar-refractivity contribution in [3.63, 3.8) is 0 Å². The van der Waals surface area contributed by atoms with E-state index in [-0.39, 0.29) is 0 Å². The molecule has 10 heteroatoms. The molecule has 3 unspecified atom stereocenters. The largest absolute Gasteiger partial charge is 0.340 e. The van der Waals surface area contributed by atoms with Gasteiger partial charge in [-0.2, -0.15) is 12.7 Å². The van der Waals surface area contributed by atoms with Crippen LogP contribution in [0.1, 0.15) is 24.1 Å². The van der Waals surface area contributed by atoms with Crippen molar-refractivity contribution < 1.29 is 12.6 Å². The summed E-state index contributed by atoms with van der Waals surface area (Å²) in [5, 5.41) is 0.560. The molecule has 0 aliphatic carbocycles. The second-order valence-electron chi connectivity index (χ2n) is 6.24. The van der Waals surface area contributed by atoms with Crippen molar-refractivity contribution in [1.29, 1.82) is 0 Å². The zero-order valence-electron chi connectivity index (χ0n) is 13.9.